The highest BCUT2D eigenvalue weighted by Crippen LogP contribution is 2.19. The van der Waals surface area contributed by atoms with Crippen molar-refractivity contribution < 1.29 is 9.53 Å². The van der Waals surface area contributed by atoms with E-state index in [0.717, 1.165) is 19.3 Å². The molecule has 0 rings (SSSR count). The second kappa shape index (κ2) is 19.2. The van der Waals surface area contributed by atoms with Crippen molar-refractivity contribution >= 4 is 5.97 Å². The van der Waals surface area contributed by atoms with Gasteiger partial charge in [-0.3, -0.25) is 4.79 Å². The molecule has 2 atom stereocenters. The first kappa shape index (κ1) is 25.5. The molecule has 0 aromatic carbocycles. The van der Waals surface area contributed by atoms with E-state index in [4.69, 9.17) is 4.74 Å². The molecule has 2 nitrogen and oxygen atoms in total. The quantitative estimate of drug-likeness (QED) is 0.170. The zero-order valence-electron chi connectivity index (χ0n) is 18.5. The van der Waals surface area contributed by atoms with Gasteiger partial charge in [-0.1, -0.05) is 111 Å². The van der Waals surface area contributed by atoms with Gasteiger partial charge in [0.15, 0.2) is 0 Å². The molecular weight excluding hydrogens is 320 g/mol. The maximum Gasteiger partial charge on any atom is 0.308 e. The summed E-state index contributed by atoms with van der Waals surface area (Å²) in [6.07, 6.45) is 20.2. The number of rotatable bonds is 19. The van der Waals surface area contributed by atoms with Crippen LogP contribution in [0.25, 0.3) is 0 Å². The molecule has 0 bridgehead atoms. The van der Waals surface area contributed by atoms with E-state index in [1.165, 1.54) is 83.5 Å². The Hall–Kier alpha value is -0.530. The summed E-state index contributed by atoms with van der Waals surface area (Å²) in [5.41, 5.74) is 0. The smallest absolute Gasteiger partial charge is 0.308 e. The average Bonchev–Trinajstić information content (AvgIpc) is 2.66. The van der Waals surface area contributed by atoms with Crippen molar-refractivity contribution in [3.8, 4) is 0 Å². The summed E-state index contributed by atoms with van der Waals surface area (Å²) in [5.74, 6) is 0.722. The van der Waals surface area contributed by atoms with E-state index < -0.39 is 0 Å². The fourth-order valence-electron chi connectivity index (χ4n) is 3.58. The van der Waals surface area contributed by atoms with Gasteiger partial charge in [-0.2, -0.15) is 0 Å². The molecule has 0 saturated carbocycles. The monoisotopic (exact) mass is 368 g/mol. The molecule has 0 aliphatic carbocycles. The minimum Gasteiger partial charge on any atom is -0.465 e. The Morgan fingerprint density at radius 2 is 1.19 bits per heavy atom. The summed E-state index contributed by atoms with van der Waals surface area (Å²) < 4.78 is 5.65. The predicted molar refractivity (Wildman–Crippen MR) is 115 cm³/mol. The summed E-state index contributed by atoms with van der Waals surface area (Å²) in [6.45, 7) is 9.45. The maximum absolute atomic E-state index is 12.3. The van der Waals surface area contributed by atoms with E-state index >= 15 is 0 Å². The molecule has 2 heteroatoms. The maximum atomic E-state index is 12.3. The minimum atomic E-state index is 0.0540. The van der Waals surface area contributed by atoms with E-state index in [2.05, 4.69) is 27.7 Å². The standard InChI is InChI=1S/C24H48O2/c1-5-9-11-12-13-14-15-16-17-18-20-23(8-4)24(25)26-21-22(7-3)19-10-6-2/h22-23H,5-21H2,1-4H3. The molecule has 0 aromatic rings. The van der Waals surface area contributed by atoms with Crippen LogP contribution in [0.2, 0.25) is 0 Å². The van der Waals surface area contributed by atoms with Crippen LogP contribution in [0.3, 0.4) is 0 Å². The van der Waals surface area contributed by atoms with Crippen molar-refractivity contribution in [2.24, 2.45) is 11.8 Å². The van der Waals surface area contributed by atoms with Crippen LogP contribution in [0.15, 0.2) is 0 Å². The lowest BCUT2D eigenvalue weighted by Crippen LogP contribution is -2.21. The average molecular weight is 369 g/mol. The second-order valence-electron chi connectivity index (χ2n) is 8.12. The molecule has 0 radical (unpaired) electrons. The van der Waals surface area contributed by atoms with Crippen LogP contribution in [-0.2, 0) is 9.53 Å². The molecule has 26 heavy (non-hydrogen) atoms. The van der Waals surface area contributed by atoms with E-state index in [-0.39, 0.29) is 11.9 Å². The molecule has 0 amide bonds. The third-order valence-corrected chi connectivity index (χ3v) is 5.74. The number of hydrogen-bond donors (Lipinski definition) is 0. The van der Waals surface area contributed by atoms with Gasteiger partial charge in [-0.05, 0) is 25.2 Å². The molecule has 0 aliphatic heterocycles. The van der Waals surface area contributed by atoms with Crippen LogP contribution >= 0.6 is 0 Å². The van der Waals surface area contributed by atoms with E-state index in [1.807, 2.05) is 0 Å². The van der Waals surface area contributed by atoms with E-state index in [1.54, 1.807) is 0 Å². The molecule has 0 aliphatic rings. The molecule has 2 unspecified atom stereocenters. The zero-order valence-corrected chi connectivity index (χ0v) is 18.5. The summed E-state index contributed by atoms with van der Waals surface area (Å²) in [4.78, 5) is 12.3. The van der Waals surface area contributed by atoms with E-state index in [0.29, 0.717) is 12.5 Å². The van der Waals surface area contributed by atoms with Gasteiger partial charge in [0.2, 0.25) is 0 Å². The van der Waals surface area contributed by atoms with E-state index in [9.17, 15) is 4.79 Å². The minimum absolute atomic E-state index is 0.0540. The SMILES string of the molecule is CCCCCCCCCCCCC(CC)C(=O)OCC(CC)CCCC. The number of carbonyl (C=O) groups excluding carboxylic acids is 1. The van der Waals surface area contributed by atoms with Gasteiger partial charge in [0.1, 0.15) is 0 Å². The zero-order chi connectivity index (χ0) is 19.5. The second-order valence-corrected chi connectivity index (χ2v) is 8.12. The summed E-state index contributed by atoms with van der Waals surface area (Å²) >= 11 is 0. The molecule has 0 spiro atoms. The fraction of sp³-hybridized carbons (Fsp3) is 0.958. The highest BCUT2D eigenvalue weighted by atomic mass is 16.5. The molecule has 0 N–H and O–H groups in total. The van der Waals surface area contributed by atoms with Crippen LogP contribution < -0.4 is 0 Å². The normalized spacial score (nSPS) is 13.5. The van der Waals surface area contributed by atoms with Gasteiger partial charge in [0, 0.05) is 0 Å². The lowest BCUT2D eigenvalue weighted by atomic mass is 9.97. The Morgan fingerprint density at radius 1 is 0.654 bits per heavy atom. The van der Waals surface area contributed by atoms with Crippen molar-refractivity contribution in [2.45, 2.75) is 130 Å². The summed E-state index contributed by atoms with van der Waals surface area (Å²) in [5, 5.41) is 0. The first-order valence-corrected chi connectivity index (χ1v) is 11.9. The Kier molecular flexibility index (Phi) is 18.8. The number of unbranched alkanes of at least 4 members (excludes halogenated alkanes) is 10. The van der Waals surface area contributed by atoms with Gasteiger partial charge in [0.05, 0.1) is 12.5 Å². The summed E-state index contributed by atoms with van der Waals surface area (Å²) in [7, 11) is 0. The first-order valence-electron chi connectivity index (χ1n) is 11.9. The van der Waals surface area contributed by atoms with Crippen molar-refractivity contribution in [3.05, 3.63) is 0 Å². The third kappa shape index (κ3) is 14.6. The summed E-state index contributed by atoms with van der Waals surface area (Å²) in [6, 6.07) is 0. The van der Waals surface area contributed by atoms with Crippen molar-refractivity contribution in [3.63, 3.8) is 0 Å². The topological polar surface area (TPSA) is 26.3 Å². The van der Waals surface area contributed by atoms with Crippen LogP contribution in [0.4, 0.5) is 0 Å². The Balaban J connectivity index is 3.72. The lowest BCUT2D eigenvalue weighted by molar-refractivity contribution is -0.150. The van der Waals surface area contributed by atoms with Crippen LogP contribution in [0.1, 0.15) is 130 Å². The first-order chi connectivity index (χ1) is 12.7. The number of carbonyl (C=O) groups is 1. The number of esters is 1. The number of hydrogen-bond acceptors (Lipinski definition) is 2. The largest absolute Gasteiger partial charge is 0.465 e. The van der Waals surface area contributed by atoms with Crippen LogP contribution in [0, 0.1) is 11.8 Å². The Labute approximate surface area is 164 Å². The predicted octanol–water partition coefficient (Wildman–Crippen LogP) is 8.08. The van der Waals surface area contributed by atoms with Crippen molar-refractivity contribution in [2.75, 3.05) is 6.61 Å². The van der Waals surface area contributed by atoms with Gasteiger partial charge in [0.25, 0.3) is 0 Å². The van der Waals surface area contributed by atoms with Gasteiger partial charge in [-0.25, -0.2) is 0 Å². The molecular formula is C24H48O2. The molecule has 0 aromatic heterocycles. The Bertz CT molecular complexity index is 301. The Morgan fingerprint density at radius 3 is 1.69 bits per heavy atom. The highest BCUT2D eigenvalue weighted by molar-refractivity contribution is 5.72. The van der Waals surface area contributed by atoms with Crippen LogP contribution in [0.5, 0.6) is 0 Å². The fourth-order valence-corrected chi connectivity index (χ4v) is 3.58. The van der Waals surface area contributed by atoms with Crippen molar-refractivity contribution in [1.29, 1.82) is 0 Å². The van der Waals surface area contributed by atoms with Gasteiger partial charge >= 0.3 is 5.97 Å². The van der Waals surface area contributed by atoms with Gasteiger partial charge in [-0.15, -0.1) is 0 Å². The van der Waals surface area contributed by atoms with Crippen molar-refractivity contribution in [1.82, 2.24) is 0 Å². The highest BCUT2D eigenvalue weighted by Gasteiger charge is 2.19. The number of ether oxygens (including phenoxy) is 1. The molecule has 156 valence electrons. The molecule has 0 heterocycles. The van der Waals surface area contributed by atoms with Crippen LogP contribution in [-0.4, -0.2) is 12.6 Å². The third-order valence-electron chi connectivity index (χ3n) is 5.74. The van der Waals surface area contributed by atoms with Gasteiger partial charge < -0.3 is 4.74 Å². The molecule has 0 saturated heterocycles. The molecule has 0 fully saturated rings. The lowest BCUT2D eigenvalue weighted by Gasteiger charge is -2.18.